The molecule has 2 aromatic carbocycles. The van der Waals surface area contributed by atoms with E-state index in [0.29, 0.717) is 46.6 Å². The van der Waals surface area contributed by atoms with Gasteiger partial charge in [0.15, 0.2) is 5.76 Å². The van der Waals surface area contributed by atoms with Crippen LogP contribution in [0.15, 0.2) is 63.8 Å². The van der Waals surface area contributed by atoms with Crippen molar-refractivity contribution >= 4 is 11.6 Å². The largest absolute Gasteiger partial charge is 0.496 e. The van der Waals surface area contributed by atoms with Crippen molar-refractivity contribution in [2.45, 2.75) is 6.42 Å². The summed E-state index contributed by atoms with van der Waals surface area (Å²) in [5.41, 5.74) is 2.05. The fraction of sp³-hybridized carbons (Fsp3) is 0.174. The molecule has 0 fully saturated rings. The van der Waals surface area contributed by atoms with Gasteiger partial charge in [0.05, 0.1) is 21.3 Å². The summed E-state index contributed by atoms with van der Waals surface area (Å²) in [6.07, 6.45) is 1.62. The molecule has 0 atom stereocenters. The molecule has 0 aliphatic heterocycles. The van der Waals surface area contributed by atoms with E-state index in [1.54, 1.807) is 63.8 Å². The average molecular weight is 435 g/mol. The van der Waals surface area contributed by atoms with E-state index < -0.39 is 0 Å². The highest BCUT2D eigenvalue weighted by atomic mass is 16.5. The minimum atomic E-state index is -0.382. The van der Waals surface area contributed by atoms with Crippen LogP contribution in [0.1, 0.15) is 21.9 Å². The van der Waals surface area contributed by atoms with Gasteiger partial charge >= 0.3 is 0 Å². The smallest absolute Gasteiger partial charge is 0.291 e. The van der Waals surface area contributed by atoms with Gasteiger partial charge in [-0.25, -0.2) is 0 Å². The maximum atomic E-state index is 12.7. The van der Waals surface area contributed by atoms with Crippen LogP contribution in [0.2, 0.25) is 0 Å². The molecule has 4 aromatic rings. The number of benzene rings is 2. The molecule has 1 amide bonds. The number of nitrogens with one attached hydrogen (secondary N) is 1. The van der Waals surface area contributed by atoms with Crippen molar-refractivity contribution in [1.82, 2.24) is 10.2 Å². The van der Waals surface area contributed by atoms with E-state index in [9.17, 15) is 4.79 Å². The standard InChI is InChI=1S/C23H21N3O6/c1-28-17-11-20(29-2)18(21(12-17)30-3)10-16-7-8-19(32-16)22(27)25-15-6-4-5-14(9-15)23-26-24-13-31-23/h4-9,11-13H,10H2,1-3H3,(H,25,27). The number of anilines is 1. The summed E-state index contributed by atoms with van der Waals surface area (Å²) in [5, 5.41) is 10.3. The number of nitrogens with zero attached hydrogens (tertiary/aromatic N) is 2. The van der Waals surface area contributed by atoms with Crippen LogP contribution in [0.3, 0.4) is 0 Å². The van der Waals surface area contributed by atoms with Crippen LogP contribution in [-0.2, 0) is 6.42 Å². The second-order valence-electron chi connectivity index (χ2n) is 6.73. The molecule has 2 heterocycles. The van der Waals surface area contributed by atoms with Crippen LogP contribution in [0.25, 0.3) is 11.5 Å². The van der Waals surface area contributed by atoms with Gasteiger partial charge in [0, 0.05) is 35.4 Å². The molecule has 0 saturated carbocycles. The number of hydrogen-bond donors (Lipinski definition) is 1. The summed E-state index contributed by atoms with van der Waals surface area (Å²) in [7, 11) is 4.71. The molecular formula is C23H21N3O6. The number of amides is 1. The predicted molar refractivity (Wildman–Crippen MR) is 115 cm³/mol. The van der Waals surface area contributed by atoms with Crippen LogP contribution in [0, 0.1) is 0 Å². The van der Waals surface area contributed by atoms with Gasteiger partial charge in [0.25, 0.3) is 5.91 Å². The first kappa shape index (κ1) is 21.0. The second kappa shape index (κ2) is 9.25. The Morgan fingerprint density at radius 2 is 1.78 bits per heavy atom. The van der Waals surface area contributed by atoms with E-state index in [4.69, 9.17) is 23.0 Å². The fourth-order valence-corrected chi connectivity index (χ4v) is 3.24. The van der Waals surface area contributed by atoms with Gasteiger partial charge in [-0.3, -0.25) is 4.79 Å². The molecule has 0 unspecified atom stereocenters. The zero-order chi connectivity index (χ0) is 22.5. The SMILES string of the molecule is COc1cc(OC)c(Cc2ccc(C(=O)Nc3cccc(-c4nnco4)c3)o2)c(OC)c1. The van der Waals surface area contributed by atoms with Gasteiger partial charge in [-0.2, -0.15) is 0 Å². The normalized spacial score (nSPS) is 10.6. The molecule has 164 valence electrons. The summed E-state index contributed by atoms with van der Waals surface area (Å²) in [4.78, 5) is 12.7. The third-order valence-corrected chi connectivity index (χ3v) is 4.78. The zero-order valence-corrected chi connectivity index (χ0v) is 17.7. The monoisotopic (exact) mass is 435 g/mol. The fourth-order valence-electron chi connectivity index (χ4n) is 3.24. The van der Waals surface area contributed by atoms with Crippen LogP contribution < -0.4 is 19.5 Å². The number of aromatic nitrogens is 2. The highest BCUT2D eigenvalue weighted by Gasteiger charge is 2.18. The van der Waals surface area contributed by atoms with E-state index in [2.05, 4.69) is 15.5 Å². The summed E-state index contributed by atoms with van der Waals surface area (Å²) in [5.74, 6) is 2.55. The Morgan fingerprint density at radius 3 is 2.44 bits per heavy atom. The average Bonchev–Trinajstić information content (AvgIpc) is 3.52. The van der Waals surface area contributed by atoms with Gasteiger partial charge in [0.2, 0.25) is 12.3 Å². The van der Waals surface area contributed by atoms with Crippen LogP contribution in [0.5, 0.6) is 17.2 Å². The van der Waals surface area contributed by atoms with Gasteiger partial charge < -0.3 is 28.4 Å². The number of ether oxygens (including phenoxy) is 3. The number of methoxy groups -OCH3 is 3. The van der Waals surface area contributed by atoms with Crippen LogP contribution in [-0.4, -0.2) is 37.4 Å². The van der Waals surface area contributed by atoms with E-state index in [-0.39, 0.29) is 11.7 Å². The second-order valence-corrected chi connectivity index (χ2v) is 6.73. The molecule has 32 heavy (non-hydrogen) atoms. The van der Waals surface area contributed by atoms with E-state index in [1.165, 1.54) is 6.39 Å². The Labute approximate surface area is 183 Å². The Hall–Kier alpha value is -4.27. The first-order valence-electron chi connectivity index (χ1n) is 9.66. The number of furan rings is 1. The molecule has 9 nitrogen and oxygen atoms in total. The molecule has 9 heteroatoms. The quantitative estimate of drug-likeness (QED) is 0.439. The van der Waals surface area contributed by atoms with Crippen molar-refractivity contribution in [3.05, 3.63) is 72.0 Å². The summed E-state index contributed by atoms with van der Waals surface area (Å²) in [6, 6.07) is 14.0. The van der Waals surface area contributed by atoms with Crippen molar-refractivity contribution in [2.24, 2.45) is 0 Å². The highest BCUT2D eigenvalue weighted by molar-refractivity contribution is 6.02. The Bertz CT molecular complexity index is 1190. The van der Waals surface area contributed by atoms with Crippen molar-refractivity contribution in [3.63, 3.8) is 0 Å². The van der Waals surface area contributed by atoms with Gasteiger partial charge in [-0.05, 0) is 30.3 Å². The molecular weight excluding hydrogens is 414 g/mol. The third kappa shape index (κ3) is 4.41. The predicted octanol–water partition coefficient (Wildman–Crippen LogP) is 4.20. The number of carbonyl (C=O) groups excluding carboxylic acids is 1. The molecule has 0 radical (unpaired) electrons. The lowest BCUT2D eigenvalue weighted by molar-refractivity contribution is 0.0995. The first-order valence-corrected chi connectivity index (χ1v) is 9.66. The molecule has 0 bridgehead atoms. The molecule has 0 aliphatic carbocycles. The third-order valence-electron chi connectivity index (χ3n) is 4.78. The van der Waals surface area contributed by atoms with Crippen molar-refractivity contribution in [3.8, 4) is 28.7 Å². The highest BCUT2D eigenvalue weighted by Crippen LogP contribution is 2.36. The Kier molecular flexibility index (Phi) is 6.07. The molecule has 0 spiro atoms. The van der Waals surface area contributed by atoms with Gasteiger partial charge in [-0.15, -0.1) is 10.2 Å². The molecule has 2 aromatic heterocycles. The lowest BCUT2D eigenvalue weighted by atomic mass is 10.1. The van der Waals surface area contributed by atoms with Crippen molar-refractivity contribution in [2.75, 3.05) is 26.6 Å². The topological polar surface area (TPSA) is 109 Å². The van der Waals surface area contributed by atoms with Crippen molar-refractivity contribution in [1.29, 1.82) is 0 Å². The van der Waals surface area contributed by atoms with Gasteiger partial charge in [-0.1, -0.05) is 6.07 Å². The van der Waals surface area contributed by atoms with Crippen LogP contribution in [0.4, 0.5) is 5.69 Å². The number of rotatable bonds is 8. The molecule has 0 saturated heterocycles. The number of hydrogen-bond acceptors (Lipinski definition) is 8. The van der Waals surface area contributed by atoms with Gasteiger partial charge in [0.1, 0.15) is 23.0 Å². The van der Waals surface area contributed by atoms with E-state index >= 15 is 0 Å². The Morgan fingerprint density at radius 1 is 1.00 bits per heavy atom. The zero-order valence-electron chi connectivity index (χ0n) is 17.7. The lowest BCUT2D eigenvalue weighted by Crippen LogP contribution is -2.10. The molecule has 1 N–H and O–H groups in total. The minimum Gasteiger partial charge on any atom is -0.496 e. The lowest BCUT2D eigenvalue weighted by Gasteiger charge is -2.14. The van der Waals surface area contributed by atoms with E-state index in [0.717, 1.165) is 5.56 Å². The summed E-state index contributed by atoms with van der Waals surface area (Å²) >= 11 is 0. The van der Waals surface area contributed by atoms with E-state index in [1.807, 2.05) is 6.07 Å². The summed E-state index contributed by atoms with van der Waals surface area (Å²) < 4.78 is 27.2. The minimum absolute atomic E-state index is 0.176. The van der Waals surface area contributed by atoms with Crippen molar-refractivity contribution < 1.29 is 27.8 Å². The van der Waals surface area contributed by atoms with Crippen LogP contribution >= 0.6 is 0 Å². The maximum absolute atomic E-state index is 12.7. The molecule has 0 aliphatic rings. The number of carbonyl (C=O) groups is 1. The summed E-state index contributed by atoms with van der Waals surface area (Å²) in [6.45, 7) is 0. The molecule has 4 rings (SSSR count). The Balaban J connectivity index is 1.51. The maximum Gasteiger partial charge on any atom is 0.291 e. The first-order chi connectivity index (χ1) is 15.6.